The van der Waals surface area contributed by atoms with Crippen molar-refractivity contribution in [1.82, 2.24) is 9.80 Å². The Labute approximate surface area is 191 Å². The number of rotatable bonds is 6. The number of benzene rings is 1. The van der Waals surface area contributed by atoms with Crippen LogP contribution in [0.3, 0.4) is 0 Å². The monoisotopic (exact) mass is 469 g/mol. The molecule has 182 valence electrons. The van der Waals surface area contributed by atoms with Crippen molar-refractivity contribution in [2.24, 2.45) is 16.8 Å². The Morgan fingerprint density at radius 2 is 1.94 bits per heavy atom. The van der Waals surface area contributed by atoms with Gasteiger partial charge in [-0.25, -0.2) is 4.79 Å². The summed E-state index contributed by atoms with van der Waals surface area (Å²) in [6.07, 6.45) is -2.25. The van der Waals surface area contributed by atoms with Crippen LogP contribution in [0, 0.1) is 11.8 Å². The van der Waals surface area contributed by atoms with E-state index in [0.717, 1.165) is 44.7 Å². The second-order valence-corrected chi connectivity index (χ2v) is 8.64. The summed E-state index contributed by atoms with van der Waals surface area (Å²) < 4.78 is 36.9. The Hall–Kier alpha value is -2.46. The van der Waals surface area contributed by atoms with Gasteiger partial charge < -0.3 is 9.84 Å². The van der Waals surface area contributed by atoms with Gasteiger partial charge in [-0.15, -0.1) is 0 Å². The van der Waals surface area contributed by atoms with E-state index < -0.39 is 17.7 Å². The summed E-state index contributed by atoms with van der Waals surface area (Å²) in [4.78, 5) is 31.7. The zero-order valence-electron chi connectivity index (χ0n) is 18.8. The third-order valence-corrected chi connectivity index (χ3v) is 6.61. The topological polar surface area (TPSA) is 82.4 Å². The van der Waals surface area contributed by atoms with Crippen molar-refractivity contribution < 1.29 is 32.6 Å². The molecule has 2 fully saturated rings. The first-order valence-corrected chi connectivity index (χ1v) is 11.1. The van der Waals surface area contributed by atoms with Gasteiger partial charge in [0, 0.05) is 39.1 Å². The minimum absolute atomic E-state index is 0.223. The average molecular weight is 470 g/mol. The highest BCUT2D eigenvalue weighted by Crippen LogP contribution is 2.50. The molecular formula is C23H30F3N3O4. The molecule has 1 saturated carbocycles. The van der Waals surface area contributed by atoms with Crippen LogP contribution in [0.25, 0.3) is 0 Å². The van der Waals surface area contributed by atoms with Gasteiger partial charge in [0.15, 0.2) is 0 Å². The number of carboxylic acids is 1. The Morgan fingerprint density at radius 3 is 2.52 bits per heavy atom. The zero-order valence-corrected chi connectivity index (χ0v) is 18.8. The number of aliphatic carboxylic acids is 1. The number of aliphatic imine (C=N–C) groups is 1. The van der Waals surface area contributed by atoms with E-state index in [2.05, 4.69) is 42.2 Å². The van der Waals surface area contributed by atoms with E-state index in [0.29, 0.717) is 25.0 Å². The summed E-state index contributed by atoms with van der Waals surface area (Å²) in [6.45, 7) is 6.31. The number of likely N-dealkylation sites (tertiary alicyclic amines) is 1. The fourth-order valence-corrected chi connectivity index (χ4v) is 5.13. The Balaban J connectivity index is 0.000000383. The molecule has 0 radical (unpaired) electrons. The number of halogens is 3. The molecule has 33 heavy (non-hydrogen) atoms. The maximum Gasteiger partial charge on any atom is 0.490 e. The van der Waals surface area contributed by atoms with Crippen LogP contribution in [0.4, 0.5) is 13.2 Å². The number of amides is 1. The maximum absolute atomic E-state index is 13.3. The lowest BCUT2D eigenvalue weighted by Gasteiger charge is -2.28. The van der Waals surface area contributed by atoms with Crippen LogP contribution in [0.15, 0.2) is 35.3 Å². The van der Waals surface area contributed by atoms with E-state index in [1.54, 1.807) is 7.11 Å². The van der Waals surface area contributed by atoms with Crippen LogP contribution in [0.5, 0.6) is 0 Å². The normalized spacial score (nSPS) is 26.9. The predicted molar refractivity (Wildman–Crippen MR) is 116 cm³/mol. The number of carboxylic acid groups (broad SMARTS) is 1. The number of carbonyl (C=O) groups is 2. The van der Waals surface area contributed by atoms with Gasteiger partial charge >= 0.3 is 12.1 Å². The van der Waals surface area contributed by atoms with Crippen LogP contribution < -0.4 is 0 Å². The van der Waals surface area contributed by atoms with Crippen molar-refractivity contribution >= 4 is 17.7 Å². The molecule has 1 aliphatic carbocycles. The molecule has 3 aliphatic rings. The van der Waals surface area contributed by atoms with Gasteiger partial charge in [-0.1, -0.05) is 37.3 Å². The van der Waals surface area contributed by atoms with E-state index in [9.17, 15) is 18.0 Å². The fourth-order valence-electron chi connectivity index (χ4n) is 5.13. The number of fused-ring (bicyclic) bond motifs is 2. The lowest BCUT2D eigenvalue weighted by Crippen LogP contribution is -2.47. The Bertz CT molecular complexity index is 877. The highest BCUT2D eigenvalue weighted by Gasteiger charge is 2.60. The first-order chi connectivity index (χ1) is 15.6. The lowest BCUT2D eigenvalue weighted by atomic mass is 9.85. The van der Waals surface area contributed by atoms with Gasteiger partial charge in [-0.2, -0.15) is 13.2 Å². The molecule has 0 aromatic heterocycles. The minimum atomic E-state index is -5.08. The zero-order chi connectivity index (χ0) is 24.2. The molecule has 10 heteroatoms. The summed E-state index contributed by atoms with van der Waals surface area (Å²) >= 11 is 0. The molecule has 7 nitrogen and oxygen atoms in total. The first kappa shape index (κ1) is 25.2. The summed E-state index contributed by atoms with van der Waals surface area (Å²) in [7, 11) is 1.68. The van der Waals surface area contributed by atoms with Gasteiger partial charge in [0.25, 0.3) is 5.91 Å². The third kappa shape index (κ3) is 5.38. The standard InChI is InChI=1S/C21H29N3O2.C2HF3O2/c1-3-19-22-21(20(25)24(19)11-12-26-2)10-9-17-14-23(15-18(17)21)13-16-7-5-4-6-8-16;3-2(4,5)1(6)7/h4-8,17-18H,3,9-15H2,1-2H3;(H,6,7)/t17-,18+,21-;/m1./s1. The van der Waals surface area contributed by atoms with Crippen LogP contribution in [-0.4, -0.2) is 77.7 Å². The van der Waals surface area contributed by atoms with E-state index in [4.69, 9.17) is 19.6 Å². The van der Waals surface area contributed by atoms with E-state index in [-0.39, 0.29) is 5.91 Å². The SMILES string of the molecule is CCC1=N[C@@]2(CC[C@@H]3CN(Cc4ccccc4)C[C@@H]32)C(=O)N1CCOC.O=C(O)C(F)(F)F. The molecule has 2 aliphatic heterocycles. The smallest absolute Gasteiger partial charge is 0.475 e. The van der Waals surface area contributed by atoms with E-state index in [1.165, 1.54) is 5.56 Å². The maximum atomic E-state index is 13.3. The molecule has 1 aromatic rings. The van der Waals surface area contributed by atoms with Crippen LogP contribution in [-0.2, 0) is 20.9 Å². The van der Waals surface area contributed by atoms with Crippen molar-refractivity contribution in [2.75, 3.05) is 33.4 Å². The number of alkyl halides is 3. The van der Waals surface area contributed by atoms with Gasteiger partial charge in [0.05, 0.1) is 13.2 Å². The quantitative estimate of drug-likeness (QED) is 0.692. The lowest BCUT2D eigenvalue weighted by molar-refractivity contribution is -0.192. The van der Waals surface area contributed by atoms with Crippen LogP contribution in [0.2, 0.25) is 0 Å². The predicted octanol–water partition coefficient (Wildman–Crippen LogP) is 3.20. The highest BCUT2D eigenvalue weighted by molar-refractivity contribution is 6.08. The van der Waals surface area contributed by atoms with Gasteiger partial charge in [0.2, 0.25) is 0 Å². The largest absolute Gasteiger partial charge is 0.490 e. The molecule has 4 rings (SSSR count). The molecule has 0 unspecified atom stereocenters. The molecule has 3 atom stereocenters. The molecular weight excluding hydrogens is 439 g/mol. The summed E-state index contributed by atoms with van der Waals surface area (Å²) in [5.41, 5.74) is 0.841. The molecule has 0 bridgehead atoms. The number of hydrogen-bond acceptors (Lipinski definition) is 5. The van der Waals surface area contributed by atoms with Crippen molar-refractivity contribution in [3.8, 4) is 0 Å². The van der Waals surface area contributed by atoms with Gasteiger partial charge in [0.1, 0.15) is 11.4 Å². The van der Waals surface area contributed by atoms with E-state index in [1.807, 2.05) is 4.90 Å². The van der Waals surface area contributed by atoms with Gasteiger partial charge in [-0.05, 0) is 24.3 Å². The second-order valence-electron chi connectivity index (χ2n) is 8.64. The summed E-state index contributed by atoms with van der Waals surface area (Å²) in [5.74, 6) is -0.637. The molecule has 1 N–H and O–H groups in total. The number of carbonyl (C=O) groups excluding carboxylic acids is 1. The summed E-state index contributed by atoms with van der Waals surface area (Å²) in [6, 6.07) is 10.6. The number of ether oxygens (including phenoxy) is 1. The second kappa shape index (κ2) is 10.2. The molecule has 1 aromatic carbocycles. The van der Waals surface area contributed by atoms with Gasteiger partial charge in [-0.3, -0.25) is 19.6 Å². The Kier molecular flexibility index (Phi) is 7.79. The number of hydrogen-bond donors (Lipinski definition) is 1. The number of methoxy groups -OCH3 is 1. The average Bonchev–Trinajstić information content (AvgIpc) is 3.41. The fraction of sp³-hybridized carbons (Fsp3) is 0.609. The van der Waals surface area contributed by atoms with E-state index >= 15 is 0 Å². The van der Waals surface area contributed by atoms with Crippen LogP contribution in [0.1, 0.15) is 31.7 Å². The van der Waals surface area contributed by atoms with Crippen molar-refractivity contribution in [3.63, 3.8) is 0 Å². The molecule has 2 heterocycles. The molecule has 1 spiro atoms. The van der Waals surface area contributed by atoms with Crippen molar-refractivity contribution in [3.05, 3.63) is 35.9 Å². The van der Waals surface area contributed by atoms with Crippen molar-refractivity contribution in [2.45, 2.75) is 44.4 Å². The first-order valence-electron chi connectivity index (χ1n) is 11.1. The Morgan fingerprint density at radius 1 is 1.27 bits per heavy atom. The highest BCUT2D eigenvalue weighted by atomic mass is 19.4. The molecule has 1 amide bonds. The van der Waals surface area contributed by atoms with Crippen molar-refractivity contribution in [1.29, 1.82) is 0 Å². The molecule has 1 saturated heterocycles. The van der Waals surface area contributed by atoms with Crippen LogP contribution >= 0.6 is 0 Å². The minimum Gasteiger partial charge on any atom is -0.475 e. The third-order valence-electron chi connectivity index (χ3n) is 6.61. The number of amidine groups is 1. The number of nitrogens with zero attached hydrogens (tertiary/aromatic N) is 3. The summed E-state index contributed by atoms with van der Waals surface area (Å²) in [5, 5.41) is 7.12.